The second kappa shape index (κ2) is 4.74. The van der Waals surface area contributed by atoms with Gasteiger partial charge in [0.15, 0.2) is 0 Å². The molecule has 0 heterocycles. The summed E-state index contributed by atoms with van der Waals surface area (Å²) in [6, 6.07) is -1.23. The number of carbonyl (C=O) groups is 2. The van der Waals surface area contributed by atoms with Crippen LogP contribution in [0.5, 0.6) is 0 Å². The molecule has 0 aliphatic carbocycles. The van der Waals surface area contributed by atoms with Crippen molar-refractivity contribution < 1.29 is 23.5 Å². The van der Waals surface area contributed by atoms with E-state index in [1.54, 1.807) is 0 Å². The van der Waals surface area contributed by atoms with Gasteiger partial charge in [0.05, 0.1) is 0 Å². The Kier molecular flexibility index (Phi) is 4.30. The first-order chi connectivity index (χ1) is 5.87. The van der Waals surface area contributed by atoms with Gasteiger partial charge >= 0.3 is 5.97 Å². The van der Waals surface area contributed by atoms with Crippen LogP contribution in [0.1, 0.15) is 19.8 Å². The average Bonchev–Trinajstić information content (AvgIpc) is 1.95. The topological polar surface area (TPSA) is 66.4 Å². The molecule has 13 heavy (non-hydrogen) atoms. The van der Waals surface area contributed by atoms with Crippen LogP contribution in [0.2, 0.25) is 0 Å². The Morgan fingerprint density at radius 2 is 2.23 bits per heavy atom. The van der Waals surface area contributed by atoms with Gasteiger partial charge in [0.1, 0.15) is 6.04 Å². The van der Waals surface area contributed by atoms with Crippen molar-refractivity contribution in [2.75, 3.05) is 0 Å². The van der Waals surface area contributed by atoms with E-state index in [1.165, 1.54) is 0 Å². The van der Waals surface area contributed by atoms with Crippen LogP contribution in [0, 0.1) is 0 Å². The molecule has 0 aromatic heterocycles. The fourth-order valence-electron chi connectivity index (χ4n) is 0.758. The molecule has 0 bridgehead atoms. The van der Waals surface area contributed by atoms with E-state index in [2.05, 4.69) is 0 Å². The number of amides is 1. The molecule has 0 fully saturated rings. The number of nitrogens with one attached hydrogen (secondary N) is 1. The Bertz CT molecular complexity index is 191. The second-order valence-electron chi connectivity index (χ2n) is 2.78. The van der Waals surface area contributed by atoms with Crippen LogP contribution in [-0.4, -0.2) is 29.5 Å². The molecule has 6 heteroatoms. The van der Waals surface area contributed by atoms with Crippen molar-refractivity contribution in [2.45, 2.75) is 31.7 Å². The van der Waals surface area contributed by atoms with E-state index in [4.69, 9.17) is 5.11 Å². The minimum Gasteiger partial charge on any atom is -0.480 e. The summed E-state index contributed by atoms with van der Waals surface area (Å²) in [6.07, 6.45) is -0.658. The maximum absolute atomic E-state index is 12.3. The molecule has 0 rings (SSSR count). The number of carboxylic acids is 1. The van der Waals surface area contributed by atoms with Crippen molar-refractivity contribution >= 4 is 12.4 Å². The van der Waals surface area contributed by atoms with E-state index in [9.17, 15) is 18.4 Å². The predicted molar refractivity (Wildman–Crippen MR) is 40.5 cm³/mol. The Labute approximate surface area is 73.9 Å². The molecule has 0 aliphatic rings. The van der Waals surface area contributed by atoms with Crippen LogP contribution in [0.3, 0.4) is 0 Å². The van der Waals surface area contributed by atoms with E-state index >= 15 is 0 Å². The first kappa shape index (κ1) is 11.8. The fraction of sp³-hybridized carbons (Fsp3) is 0.714. The number of aliphatic carboxylic acids is 1. The van der Waals surface area contributed by atoms with Gasteiger partial charge < -0.3 is 10.4 Å². The molecule has 2 N–H and O–H groups in total. The highest BCUT2D eigenvalue weighted by Gasteiger charge is 2.25. The summed E-state index contributed by atoms with van der Waals surface area (Å²) < 4.78 is 24.6. The van der Waals surface area contributed by atoms with E-state index in [1.807, 2.05) is 5.32 Å². The van der Waals surface area contributed by atoms with Gasteiger partial charge in [-0.05, 0) is 13.3 Å². The molecule has 1 atom stereocenters. The summed E-state index contributed by atoms with van der Waals surface area (Å²) in [5.74, 6) is -4.21. The Morgan fingerprint density at radius 3 is 2.54 bits per heavy atom. The van der Waals surface area contributed by atoms with Crippen LogP contribution < -0.4 is 5.32 Å². The number of hydrogen-bond acceptors (Lipinski definition) is 2. The molecule has 0 saturated heterocycles. The zero-order chi connectivity index (χ0) is 10.5. The first-order valence-corrected chi connectivity index (χ1v) is 3.67. The third kappa shape index (κ3) is 6.01. The second-order valence-corrected chi connectivity index (χ2v) is 2.78. The monoisotopic (exact) mass is 195 g/mol. The lowest BCUT2D eigenvalue weighted by Gasteiger charge is -2.14. The third-order valence-electron chi connectivity index (χ3n) is 1.44. The van der Waals surface area contributed by atoms with Crippen LogP contribution in [0.4, 0.5) is 8.78 Å². The van der Waals surface area contributed by atoms with Gasteiger partial charge in [-0.2, -0.15) is 0 Å². The molecule has 76 valence electrons. The molecule has 0 saturated carbocycles. The quantitative estimate of drug-likeness (QED) is 0.610. The van der Waals surface area contributed by atoms with Crippen LogP contribution >= 0.6 is 0 Å². The van der Waals surface area contributed by atoms with Crippen molar-refractivity contribution in [1.29, 1.82) is 0 Å². The van der Waals surface area contributed by atoms with E-state index < -0.39 is 24.4 Å². The van der Waals surface area contributed by atoms with E-state index in [-0.39, 0.29) is 12.8 Å². The first-order valence-electron chi connectivity index (χ1n) is 3.67. The molecule has 0 aliphatic heterocycles. The SMILES string of the molecule is CC(F)(F)CCC(NC=O)C(=O)O. The smallest absolute Gasteiger partial charge is 0.326 e. The van der Waals surface area contributed by atoms with Gasteiger partial charge in [-0.15, -0.1) is 0 Å². The molecule has 0 spiro atoms. The molecule has 4 nitrogen and oxygen atoms in total. The molecule has 0 aromatic rings. The summed E-state index contributed by atoms with van der Waals surface area (Å²) in [5, 5.41) is 10.4. The Balaban J connectivity index is 3.97. The summed E-state index contributed by atoms with van der Waals surface area (Å²) in [7, 11) is 0. The largest absolute Gasteiger partial charge is 0.480 e. The van der Waals surface area contributed by atoms with Gasteiger partial charge in [0, 0.05) is 6.42 Å². The minimum atomic E-state index is -2.90. The summed E-state index contributed by atoms with van der Waals surface area (Å²) in [4.78, 5) is 20.2. The van der Waals surface area contributed by atoms with Gasteiger partial charge in [-0.1, -0.05) is 0 Å². The van der Waals surface area contributed by atoms with Crippen molar-refractivity contribution in [2.24, 2.45) is 0 Å². The van der Waals surface area contributed by atoms with Gasteiger partial charge in [-0.25, -0.2) is 13.6 Å². The van der Waals surface area contributed by atoms with Gasteiger partial charge in [-0.3, -0.25) is 4.79 Å². The summed E-state index contributed by atoms with van der Waals surface area (Å²) in [5.41, 5.74) is 0. The highest BCUT2D eigenvalue weighted by Crippen LogP contribution is 2.19. The van der Waals surface area contributed by atoms with E-state index in [0.29, 0.717) is 6.92 Å². The highest BCUT2D eigenvalue weighted by atomic mass is 19.3. The summed E-state index contributed by atoms with van der Waals surface area (Å²) >= 11 is 0. The van der Waals surface area contributed by atoms with Crippen molar-refractivity contribution in [1.82, 2.24) is 5.32 Å². The number of rotatable bonds is 6. The fourth-order valence-corrected chi connectivity index (χ4v) is 0.758. The van der Waals surface area contributed by atoms with Crippen molar-refractivity contribution in [3.8, 4) is 0 Å². The number of hydrogen-bond donors (Lipinski definition) is 2. The van der Waals surface area contributed by atoms with Crippen LogP contribution in [-0.2, 0) is 9.59 Å². The van der Waals surface area contributed by atoms with Crippen LogP contribution in [0.25, 0.3) is 0 Å². The zero-order valence-electron chi connectivity index (χ0n) is 7.09. The average molecular weight is 195 g/mol. The molecule has 0 radical (unpaired) electrons. The number of carboxylic acid groups (broad SMARTS) is 1. The normalized spacial score (nSPS) is 13.5. The minimum absolute atomic E-state index is 0.187. The molecular formula is C7H11F2NO3. The molecule has 1 amide bonds. The van der Waals surface area contributed by atoms with Gasteiger partial charge in [0.25, 0.3) is 0 Å². The number of halogens is 2. The molecular weight excluding hydrogens is 184 g/mol. The summed E-state index contributed by atoms with van der Waals surface area (Å²) in [6.45, 7) is 0.701. The van der Waals surface area contributed by atoms with Crippen molar-refractivity contribution in [3.63, 3.8) is 0 Å². The maximum Gasteiger partial charge on any atom is 0.326 e. The lowest BCUT2D eigenvalue weighted by molar-refractivity contribution is -0.141. The zero-order valence-corrected chi connectivity index (χ0v) is 7.09. The number of carbonyl (C=O) groups excluding carboxylic acids is 1. The predicted octanol–water partition coefficient (Wildman–Crippen LogP) is 0.621. The third-order valence-corrected chi connectivity index (χ3v) is 1.44. The lowest BCUT2D eigenvalue weighted by atomic mass is 10.1. The van der Waals surface area contributed by atoms with Crippen LogP contribution in [0.15, 0.2) is 0 Å². The van der Waals surface area contributed by atoms with Gasteiger partial charge in [0.2, 0.25) is 12.3 Å². The van der Waals surface area contributed by atoms with E-state index in [0.717, 1.165) is 0 Å². The number of alkyl halides is 2. The Hall–Kier alpha value is -1.20. The lowest BCUT2D eigenvalue weighted by Crippen LogP contribution is -2.36. The van der Waals surface area contributed by atoms with Crippen molar-refractivity contribution in [3.05, 3.63) is 0 Å². The standard InChI is InChI=1S/C7H11F2NO3/c1-7(8,9)3-2-5(6(12)13)10-4-11/h4-5H,2-3H2,1H3,(H,10,11)(H,12,13). The molecule has 0 aromatic carbocycles. The maximum atomic E-state index is 12.3. The highest BCUT2D eigenvalue weighted by molar-refractivity contribution is 5.76. The molecule has 1 unspecified atom stereocenters. The Morgan fingerprint density at radius 1 is 1.69 bits per heavy atom.